The molecule has 0 saturated heterocycles. The standard InChI is InChI=1S/C37H22F2O6.K.Na.H2S.2H/c38-28-11-1-24(2-12-28)34(41)27-10-19-32-26(21-27)9-20-33(35(42)25-3-13-29(39)14-4-25)36(32)45-37(43)44-31-17-7-23(8-18-31)22-5-15-30(40)16-6-22;;;;;/h1-21,40H;;;1H2;;. The summed E-state index contributed by atoms with van der Waals surface area (Å²) in [6.07, 6.45) is -1.11. The van der Waals surface area contributed by atoms with Gasteiger partial charge >= 0.3 is 87.1 Å². The van der Waals surface area contributed by atoms with E-state index in [1.807, 2.05) is 0 Å². The number of benzene rings is 6. The summed E-state index contributed by atoms with van der Waals surface area (Å²) in [7, 11) is 0. The van der Waals surface area contributed by atoms with Crippen molar-refractivity contribution in [3.8, 4) is 28.4 Å². The SMILES string of the molecule is O=C(Oc1ccc(-c2ccc(O)cc2)cc1)Oc1c(C(=O)c2ccc(F)cc2)ccc2cc(C(=O)c3ccc(F)cc3)ccc12.S.[KH].[NaH]. The molecule has 6 nitrogen and oxygen atoms in total. The Labute approximate surface area is 346 Å². The van der Waals surface area contributed by atoms with E-state index < -0.39 is 23.6 Å². The van der Waals surface area contributed by atoms with Crippen molar-refractivity contribution in [3.63, 3.8) is 0 Å². The number of phenols is 1. The molecule has 0 saturated carbocycles. The maximum absolute atomic E-state index is 13.5. The summed E-state index contributed by atoms with van der Waals surface area (Å²) in [6, 6.07) is 31.0. The van der Waals surface area contributed by atoms with Crippen LogP contribution in [0.5, 0.6) is 17.2 Å². The van der Waals surface area contributed by atoms with Gasteiger partial charge in [0.1, 0.15) is 23.1 Å². The van der Waals surface area contributed by atoms with Crippen LogP contribution in [0.25, 0.3) is 21.9 Å². The average Bonchev–Trinajstić information content (AvgIpc) is 3.05. The Morgan fingerprint density at radius 2 is 1.06 bits per heavy atom. The van der Waals surface area contributed by atoms with Gasteiger partial charge in [-0.2, -0.15) is 13.5 Å². The Kier molecular flexibility index (Phi) is 14.3. The predicted molar refractivity (Wildman–Crippen MR) is 188 cm³/mol. The van der Waals surface area contributed by atoms with E-state index in [0.717, 1.165) is 23.3 Å². The first-order valence-corrected chi connectivity index (χ1v) is 13.7. The van der Waals surface area contributed by atoms with Crippen LogP contribution in [0.3, 0.4) is 0 Å². The van der Waals surface area contributed by atoms with Gasteiger partial charge in [0, 0.05) is 22.1 Å². The Morgan fingerprint density at radius 3 is 1.62 bits per heavy atom. The number of fused-ring (bicyclic) bond motifs is 1. The Hall–Kier alpha value is -3.16. The number of hydrogen-bond acceptors (Lipinski definition) is 6. The number of phenolic OH excluding ortho intramolecular Hbond substituents is 1. The van der Waals surface area contributed by atoms with Gasteiger partial charge in [0.15, 0.2) is 17.3 Å². The molecule has 11 heteroatoms. The Balaban J connectivity index is 0.00000208. The first-order valence-electron chi connectivity index (χ1n) is 13.7. The molecule has 1 N–H and O–H groups in total. The fourth-order valence-corrected chi connectivity index (χ4v) is 4.83. The number of rotatable bonds is 7. The van der Waals surface area contributed by atoms with Gasteiger partial charge in [-0.3, -0.25) is 9.59 Å². The van der Waals surface area contributed by atoms with E-state index in [-0.39, 0.29) is 134 Å². The fraction of sp³-hybridized carbons (Fsp3) is 0. The number of hydrogen-bond donors (Lipinski definition) is 1. The molecule has 0 amide bonds. The van der Waals surface area contributed by atoms with Gasteiger partial charge in [-0.25, -0.2) is 13.6 Å². The second-order valence-corrected chi connectivity index (χ2v) is 10.1. The minimum absolute atomic E-state index is 0. The molecule has 0 aliphatic rings. The van der Waals surface area contributed by atoms with E-state index in [4.69, 9.17) is 9.47 Å². The molecule has 0 aromatic heterocycles. The number of ketones is 2. The van der Waals surface area contributed by atoms with E-state index in [0.29, 0.717) is 16.3 Å². The van der Waals surface area contributed by atoms with Crippen LogP contribution in [0.2, 0.25) is 0 Å². The van der Waals surface area contributed by atoms with Crippen molar-refractivity contribution in [3.05, 3.63) is 161 Å². The topological polar surface area (TPSA) is 89.9 Å². The van der Waals surface area contributed by atoms with E-state index in [9.17, 15) is 28.3 Å². The molecule has 0 atom stereocenters. The zero-order chi connectivity index (χ0) is 31.5. The van der Waals surface area contributed by atoms with Crippen molar-refractivity contribution in [2.75, 3.05) is 0 Å². The predicted octanol–water partition coefficient (Wildman–Crippen LogP) is 7.35. The van der Waals surface area contributed by atoms with Gasteiger partial charge in [-0.1, -0.05) is 36.4 Å². The third-order valence-corrected chi connectivity index (χ3v) is 7.13. The first-order chi connectivity index (χ1) is 21.7. The summed E-state index contributed by atoms with van der Waals surface area (Å²) < 4.78 is 38.0. The molecule has 0 heterocycles. The molecule has 6 aromatic carbocycles. The molecular weight excluding hydrogens is 673 g/mol. The van der Waals surface area contributed by atoms with Crippen LogP contribution in [0.4, 0.5) is 13.6 Å². The number of ether oxygens (including phenoxy) is 2. The van der Waals surface area contributed by atoms with Crippen molar-refractivity contribution in [2.45, 2.75) is 0 Å². The molecule has 0 radical (unpaired) electrons. The van der Waals surface area contributed by atoms with Crippen LogP contribution in [0.15, 0.2) is 127 Å². The maximum atomic E-state index is 13.5. The van der Waals surface area contributed by atoms with Crippen molar-refractivity contribution in [1.82, 2.24) is 0 Å². The summed E-state index contributed by atoms with van der Waals surface area (Å²) in [5.41, 5.74) is 2.44. The zero-order valence-electron chi connectivity index (χ0n) is 23.9. The van der Waals surface area contributed by atoms with Gasteiger partial charge < -0.3 is 14.6 Å². The van der Waals surface area contributed by atoms with E-state index in [1.165, 1.54) is 48.5 Å². The summed E-state index contributed by atoms with van der Waals surface area (Å²) in [6.45, 7) is 0. The van der Waals surface area contributed by atoms with Crippen molar-refractivity contribution < 1.29 is 37.7 Å². The third-order valence-electron chi connectivity index (χ3n) is 7.13. The van der Waals surface area contributed by atoms with Crippen LogP contribution >= 0.6 is 13.5 Å². The van der Waals surface area contributed by atoms with Crippen LogP contribution in [-0.4, -0.2) is 104 Å². The Bertz CT molecular complexity index is 2070. The van der Waals surface area contributed by atoms with E-state index in [2.05, 4.69) is 0 Å². The van der Waals surface area contributed by atoms with Crippen molar-refractivity contribution in [1.29, 1.82) is 0 Å². The van der Waals surface area contributed by atoms with Crippen molar-refractivity contribution >= 4 is 123 Å². The minimum atomic E-state index is -1.11. The van der Waals surface area contributed by atoms with E-state index in [1.54, 1.807) is 66.7 Å². The fourth-order valence-electron chi connectivity index (χ4n) is 4.83. The first kappa shape index (κ1) is 39.3. The number of carbonyl (C=O) groups is 3. The summed E-state index contributed by atoms with van der Waals surface area (Å²) >= 11 is 0. The molecule has 0 spiro atoms. The third kappa shape index (κ3) is 9.09. The molecule has 48 heavy (non-hydrogen) atoms. The summed E-state index contributed by atoms with van der Waals surface area (Å²) in [5.74, 6) is -1.63. The van der Waals surface area contributed by atoms with E-state index >= 15 is 0 Å². The quantitative estimate of drug-likeness (QED) is 0.0813. The summed E-state index contributed by atoms with van der Waals surface area (Å²) in [5, 5.41) is 10.4. The van der Waals surface area contributed by atoms with Gasteiger partial charge in [-0.05, 0) is 108 Å². The van der Waals surface area contributed by atoms with Gasteiger partial charge in [0.05, 0.1) is 5.56 Å². The van der Waals surface area contributed by atoms with Crippen molar-refractivity contribution in [2.24, 2.45) is 0 Å². The molecule has 0 aliphatic carbocycles. The molecular formula is C37H26F2KNaO6S. The number of halogens is 2. The van der Waals surface area contributed by atoms with Crippen LogP contribution in [-0.2, 0) is 0 Å². The second-order valence-electron chi connectivity index (χ2n) is 10.1. The molecule has 0 fully saturated rings. The Morgan fingerprint density at radius 1 is 0.562 bits per heavy atom. The van der Waals surface area contributed by atoms with Gasteiger partial charge in [0.25, 0.3) is 0 Å². The van der Waals surface area contributed by atoms with Gasteiger partial charge in [0.2, 0.25) is 0 Å². The molecule has 0 aliphatic heterocycles. The van der Waals surface area contributed by atoms with Crippen LogP contribution in [0.1, 0.15) is 31.8 Å². The normalized spacial score (nSPS) is 10.1. The average molecular weight is 699 g/mol. The number of carbonyl (C=O) groups excluding carboxylic acids is 3. The molecule has 0 bridgehead atoms. The monoisotopic (exact) mass is 698 g/mol. The van der Waals surface area contributed by atoms with Crippen LogP contribution < -0.4 is 9.47 Å². The molecule has 6 rings (SSSR count). The van der Waals surface area contributed by atoms with Gasteiger partial charge in [-0.15, -0.1) is 0 Å². The van der Waals surface area contributed by atoms with Crippen LogP contribution in [0, 0.1) is 11.6 Å². The number of aromatic hydroxyl groups is 1. The second kappa shape index (κ2) is 17.5. The molecule has 232 valence electrons. The molecule has 0 unspecified atom stereocenters. The zero-order valence-corrected chi connectivity index (χ0v) is 24.9. The summed E-state index contributed by atoms with van der Waals surface area (Å²) in [4.78, 5) is 39.6. The molecule has 6 aromatic rings.